The third-order valence-electron chi connectivity index (χ3n) is 4.28. The number of hydrogen-bond acceptors (Lipinski definition) is 3. The van der Waals surface area contributed by atoms with Crippen molar-refractivity contribution in [1.29, 1.82) is 0 Å². The van der Waals surface area contributed by atoms with Gasteiger partial charge in [0.1, 0.15) is 0 Å². The maximum Gasteiger partial charge on any atom is 0.251 e. The van der Waals surface area contributed by atoms with Crippen LogP contribution in [0.25, 0.3) is 0 Å². The van der Waals surface area contributed by atoms with Crippen LogP contribution < -0.4 is 15.5 Å². The van der Waals surface area contributed by atoms with E-state index in [0.717, 1.165) is 50.3 Å². The molecule has 1 saturated heterocycles. The van der Waals surface area contributed by atoms with E-state index < -0.39 is 0 Å². The highest BCUT2D eigenvalue weighted by Crippen LogP contribution is 2.20. The topological polar surface area (TPSA) is 44.4 Å². The summed E-state index contributed by atoms with van der Waals surface area (Å²) >= 11 is 0. The van der Waals surface area contributed by atoms with E-state index in [4.69, 9.17) is 0 Å². The molecule has 1 aromatic carbocycles. The zero-order valence-corrected chi connectivity index (χ0v) is 11.9. The van der Waals surface area contributed by atoms with E-state index >= 15 is 0 Å². The van der Waals surface area contributed by atoms with Gasteiger partial charge in [-0.05, 0) is 31.0 Å². The molecule has 4 heteroatoms. The average molecular weight is 273 g/mol. The predicted octanol–water partition coefficient (Wildman–Crippen LogP) is 1.77. The zero-order valence-electron chi connectivity index (χ0n) is 11.9. The van der Waals surface area contributed by atoms with Gasteiger partial charge in [-0.3, -0.25) is 4.79 Å². The molecular formula is C16H23N3O. The quantitative estimate of drug-likeness (QED) is 0.882. The van der Waals surface area contributed by atoms with Gasteiger partial charge < -0.3 is 15.5 Å². The lowest BCUT2D eigenvalue weighted by Crippen LogP contribution is -2.43. The fourth-order valence-electron chi connectivity index (χ4n) is 3.11. The molecular weight excluding hydrogens is 250 g/mol. The molecule has 3 rings (SSSR count). The van der Waals surface area contributed by atoms with Gasteiger partial charge in [-0.25, -0.2) is 0 Å². The number of nitrogens with one attached hydrogen (secondary N) is 2. The van der Waals surface area contributed by atoms with Gasteiger partial charge in [0, 0.05) is 43.5 Å². The number of benzene rings is 1. The highest BCUT2D eigenvalue weighted by Gasteiger charge is 2.18. The molecule has 2 fully saturated rings. The molecule has 20 heavy (non-hydrogen) atoms. The van der Waals surface area contributed by atoms with Crippen molar-refractivity contribution in [2.75, 3.05) is 31.1 Å². The van der Waals surface area contributed by atoms with E-state index in [1.807, 2.05) is 18.2 Å². The molecule has 2 aliphatic rings. The molecule has 0 atom stereocenters. The van der Waals surface area contributed by atoms with Gasteiger partial charge in [0.2, 0.25) is 0 Å². The summed E-state index contributed by atoms with van der Waals surface area (Å²) in [5.74, 6) is 0.0777. The van der Waals surface area contributed by atoms with Gasteiger partial charge >= 0.3 is 0 Å². The summed E-state index contributed by atoms with van der Waals surface area (Å²) in [6.45, 7) is 4.04. The minimum absolute atomic E-state index is 0.0777. The SMILES string of the molecule is O=C(NC1CCCC1)c1cccc(N2CCNCC2)c1. The van der Waals surface area contributed by atoms with Crippen LogP contribution in [0.15, 0.2) is 24.3 Å². The largest absolute Gasteiger partial charge is 0.369 e. The highest BCUT2D eigenvalue weighted by molar-refractivity contribution is 5.95. The first-order chi connectivity index (χ1) is 9.83. The Bertz CT molecular complexity index is 463. The second-order valence-electron chi connectivity index (χ2n) is 5.74. The fourth-order valence-corrected chi connectivity index (χ4v) is 3.11. The lowest BCUT2D eigenvalue weighted by Gasteiger charge is -2.29. The molecule has 1 amide bonds. The summed E-state index contributed by atoms with van der Waals surface area (Å²) in [6, 6.07) is 8.40. The number of anilines is 1. The maximum atomic E-state index is 12.3. The minimum atomic E-state index is 0.0777. The van der Waals surface area contributed by atoms with Crippen LogP contribution in [0.3, 0.4) is 0 Å². The Kier molecular flexibility index (Phi) is 4.21. The molecule has 0 unspecified atom stereocenters. The number of hydrogen-bond donors (Lipinski definition) is 2. The number of rotatable bonds is 3. The van der Waals surface area contributed by atoms with Gasteiger partial charge in [-0.2, -0.15) is 0 Å². The predicted molar refractivity (Wildman–Crippen MR) is 81.2 cm³/mol. The minimum Gasteiger partial charge on any atom is -0.369 e. The number of piperazine rings is 1. The van der Waals surface area contributed by atoms with Crippen LogP contribution in [0.5, 0.6) is 0 Å². The van der Waals surface area contributed by atoms with Crippen LogP contribution in [0.4, 0.5) is 5.69 Å². The van der Waals surface area contributed by atoms with Crippen molar-refractivity contribution in [3.8, 4) is 0 Å². The van der Waals surface area contributed by atoms with E-state index in [1.165, 1.54) is 12.8 Å². The van der Waals surface area contributed by atoms with E-state index in [0.29, 0.717) is 6.04 Å². The molecule has 2 N–H and O–H groups in total. The van der Waals surface area contributed by atoms with Gasteiger partial charge in [-0.15, -0.1) is 0 Å². The summed E-state index contributed by atoms with van der Waals surface area (Å²) in [5, 5.41) is 6.50. The smallest absolute Gasteiger partial charge is 0.251 e. The number of nitrogens with zero attached hydrogens (tertiary/aromatic N) is 1. The lowest BCUT2D eigenvalue weighted by atomic mass is 10.1. The van der Waals surface area contributed by atoms with Crippen molar-refractivity contribution in [2.45, 2.75) is 31.7 Å². The van der Waals surface area contributed by atoms with Crippen LogP contribution >= 0.6 is 0 Å². The second kappa shape index (κ2) is 6.27. The third kappa shape index (κ3) is 3.12. The lowest BCUT2D eigenvalue weighted by molar-refractivity contribution is 0.0938. The first kappa shape index (κ1) is 13.4. The second-order valence-corrected chi connectivity index (χ2v) is 5.74. The van der Waals surface area contributed by atoms with E-state index in [2.05, 4.69) is 21.6 Å². The molecule has 0 spiro atoms. The summed E-state index contributed by atoms with van der Waals surface area (Å²) in [5.41, 5.74) is 1.94. The van der Waals surface area contributed by atoms with Crippen LogP contribution in [0.2, 0.25) is 0 Å². The van der Waals surface area contributed by atoms with Crippen molar-refractivity contribution in [3.05, 3.63) is 29.8 Å². The number of amides is 1. The van der Waals surface area contributed by atoms with Crippen LogP contribution in [-0.2, 0) is 0 Å². The maximum absolute atomic E-state index is 12.3. The summed E-state index contributed by atoms with van der Waals surface area (Å²) in [7, 11) is 0. The van der Waals surface area contributed by atoms with Crippen molar-refractivity contribution < 1.29 is 4.79 Å². The molecule has 1 aliphatic heterocycles. The fraction of sp³-hybridized carbons (Fsp3) is 0.562. The van der Waals surface area contributed by atoms with Crippen molar-refractivity contribution in [3.63, 3.8) is 0 Å². The van der Waals surface area contributed by atoms with Crippen molar-refractivity contribution >= 4 is 11.6 Å². The van der Waals surface area contributed by atoms with Crippen molar-refractivity contribution in [2.24, 2.45) is 0 Å². The highest BCUT2D eigenvalue weighted by atomic mass is 16.1. The Hall–Kier alpha value is -1.55. The zero-order chi connectivity index (χ0) is 13.8. The monoisotopic (exact) mass is 273 g/mol. The van der Waals surface area contributed by atoms with E-state index in [9.17, 15) is 4.79 Å². The molecule has 108 valence electrons. The first-order valence-corrected chi connectivity index (χ1v) is 7.69. The molecule has 0 bridgehead atoms. The Balaban J connectivity index is 1.67. The Morgan fingerprint density at radius 2 is 1.95 bits per heavy atom. The molecule has 1 aliphatic carbocycles. The van der Waals surface area contributed by atoms with Gasteiger partial charge in [0.15, 0.2) is 0 Å². The first-order valence-electron chi connectivity index (χ1n) is 7.69. The standard InChI is InChI=1S/C16H23N3O/c20-16(18-14-5-1-2-6-14)13-4-3-7-15(12-13)19-10-8-17-9-11-19/h3-4,7,12,14,17H,1-2,5-6,8-11H2,(H,18,20). The molecule has 1 saturated carbocycles. The number of carbonyl (C=O) groups excluding carboxylic acids is 1. The summed E-state index contributed by atoms with van der Waals surface area (Å²) in [4.78, 5) is 14.6. The van der Waals surface area contributed by atoms with E-state index in [-0.39, 0.29) is 5.91 Å². The van der Waals surface area contributed by atoms with Crippen molar-refractivity contribution in [1.82, 2.24) is 10.6 Å². The Morgan fingerprint density at radius 1 is 1.20 bits per heavy atom. The molecule has 1 heterocycles. The Morgan fingerprint density at radius 3 is 2.70 bits per heavy atom. The molecule has 0 radical (unpaired) electrons. The van der Waals surface area contributed by atoms with E-state index in [1.54, 1.807) is 0 Å². The van der Waals surface area contributed by atoms with Gasteiger partial charge in [-0.1, -0.05) is 18.9 Å². The normalized spacial score (nSPS) is 20.1. The Labute approximate surface area is 120 Å². The molecule has 4 nitrogen and oxygen atoms in total. The van der Waals surface area contributed by atoms with Crippen LogP contribution in [0.1, 0.15) is 36.0 Å². The van der Waals surface area contributed by atoms with Gasteiger partial charge in [0.05, 0.1) is 0 Å². The molecule has 0 aromatic heterocycles. The summed E-state index contributed by atoms with van der Waals surface area (Å²) < 4.78 is 0. The number of carbonyl (C=O) groups is 1. The van der Waals surface area contributed by atoms with Crippen LogP contribution in [-0.4, -0.2) is 38.1 Å². The van der Waals surface area contributed by atoms with Gasteiger partial charge in [0.25, 0.3) is 5.91 Å². The molecule has 1 aromatic rings. The summed E-state index contributed by atoms with van der Waals surface area (Å²) in [6.07, 6.45) is 4.74. The van der Waals surface area contributed by atoms with Crippen LogP contribution in [0, 0.1) is 0 Å². The average Bonchev–Trinajstić information content (AvgIpc) is 3.01. The third-order valence-corrected chi connectivity index (χ3v) is 4.28.